The van der Waals surface area contributed by atoms with E-state index in [0.29, 0.717) is 0 Å². The Hall–Kier alpha value is -2.30. The molecule has 2 aromatic rings. The third-order valence-electron chi connectivity index (χ3n) is 2.87. The highest BCUT2D eigenvalue weighted by Crippen LogP contribution is 2.20. The minimum Gasteiger partial charge on any atom is -0.494 e. The van der Waals surface area contributed by atoms with Crippen molar-refractivity contribution in [2.24, 2.45) is 0 Å². The number of benzene rings is 2. The molecule has 0 radical (unpaired) electrons. The largest absolute Gasteiger partial charge is 0.494 e. The lowest BCUT2D eigenvalue weighted by molar-refractivity contribution is 0.0990. The van der Waals surface area contributed by atoms with E-state index in [1.54, 1.807) is 0 Å². The number of halogens is 3. The molecular weight excluding hydrogens is 269 g/mol. The Morgan fingerprint density at radius 3 is 2.25 bits per heavy atom. The SMILES string of the molecule is COc1ccc(C(=O)Cc2c(F)cccc2F)cc1F. The molecule has 0 amide bonds. The smallest absolute Gasteiger partial charge is 0.167 e. The lowest BCUT2D eigenvalue weighted by Gasteiger charge is -2.06. The maximum Gasteiger partial charge on any atom is 0.167 e. The molecule has 0 heterocycles. The first-order chi connectivity index (χ1) is 9.52. The summed E-state index contributed by atoms with van der Waals surface area (Å²) in [5, 5.41) is 0. The first-order valence-corrected chi connectivity index (χ1v) is 5.82. The summed E-state index contributed by atoms with van der Waals surface area (Å²) < 4.78 is 45.1. The van der Waals surface area contributed by atoms with E-state index in [1.165, 1.54) is 25.3 Å². The molecule has 0 saturated carbocycles. The van der Waals surface area contributed by atoms with Gasteiger partial charge in [0.15, 0.2) is 17.3 Å². The zero-order valence-electron chi connectivity index (χ0n) is 10.6. The summed E-state index contributed by atoms with van der Waals surface area (Å²) in [6, 6.07) is 6.98. The van der Waals surface area contributed by atoms with Gasteiger partial charge in [0.1, 0.15) is 11.6 Å². The van der Waals surface area contributed by atoms with E-state index in [0.717, 1.165) is 18.2 Å². The fourth-order valence-electron chi connectivity index (χ4n) is 1.80. The first-order valence-electron chi connectivity index (χ1n) is 5.82. The molecule has 2 rings (SSSR count). The third-order valence-corrected chi connectivity index (χ3v) is 2.87. The van der Waals surface area contributed by atoms with Gasteiger partial charge in [0.2, 0.25) is 0 Å². The van der Waals surface area contributed by atoms with Crippen LogP contribution in [-0.4, -0.2) is 12.9 Å². The molecule has 0 atom stereocenters. The van der Waals surface area contributed by atoms with Crippen molar-refractivity contribution in [2.75, 3.05) is 7.11 Å². The molecule has 0 spiro atoms. The van der Waals surface area contributed by atoms with Gasteiger partial charge in [0.25, 0.3) is 0 Å². The van der Waals surface area contributed by atoms with Gasteiger partial charge in [-0.05, 0) is 30.3 Å². The summed E-state index contributed by atoms with van der Waals surface area (Å²) in [5.41, 5.74) is -0.292. The van der Waals surface area contributed by atoms with Crippen LogP contribution in [0.2, 0.25) is 0 Å². The molecule has 5 heteroatoms. The first kappa shape index (κ1) is 14.1. The summed E-state index contributed by atoms with van der Waals surface area (Å²) in [6.07, 6.45) is -0.468. The molecular formula is C15H11F3O2. The number of ether oxygens (including phenoxy) is 1. The number of hydrogen-bond acceptors (Lipinski definition) is 2. The van der Waals surface area contributed by atoms with E-state index in [-0.39, 0.29) is 16.9 Å². The van der Waals surface area contributed by atoms with Gasteiger partial charge in [-0.1, -0.05) is 6.07 Å². The third kappa shape index (κ3) is 2.82. The summed E-state index contributed by atoms with van der Waals surface area (Å²) >= 11 is 0. The monoisotopic (exact) mass is 280 g/mol. The van der Waals surface area contributed by atoms with Crippen molar-refractivity contribution in [1.82, 2.24) is 0 Å². The van der Waals surface area contributed by atoms with E-state index in [4.69, 9.17) is 4.74 Å². The maximum absolute atomic E-state index is 13.5. The summed E-state index contributed by atoms with van der Waals surface area (Å²) in [7, 11) is 1.30. The fraction of sp³-hybridized carbons (Fsp3) is 0.133. The zero-order valence-corrected chi connectivity index (χ0v) is 10.6. The minimum absolute atomic E-state index is 0.00128. The number of rotatable bonds is 4. The van der Waals surface area contributed by atoms with Gasteiger partial charge >= 0.3 is 0 Å². The minimum atomic E-state index is -0.799. The van der Waals surface area contributed by atoms with Gasteiger partial charge in [-0.2, -0.15) is 0 Å². The number of hydrogen-bond donors (Lipinski definition) is 0. The number of carbonyl (C=O) groups is 1. The Balaban J connectivity index is 2.26. The predicted octanol–water partition coefficient (Wildman–Crippen LogP) is 3.54. The molecule has 2 aromatic carbocycles. The van der Waals surface area contributed by atoms with Crippen molar-refractivity contribution < 1.29 is 22.7 Å². The van der Waals surface area contributed by atoms with Crippen molar-refractivity contribution in [3.63, 3.8) is 0 Å². The molecule has 0 unspecified atom stereocenters. The highest BCUT2D eigenvalue weighted by atomic mass is 19.1. The van der Waals surface area contributed by atoms with E-state index >= 15 is 0 Å². The number of carbonyl (C=O) groups excluding carboxylic acids is 1. The van der Waals surface area contributed by atoms with Crippen LogP contribution in [0, 0.1) is 17.5 Å². The lowest BCUT2D eigenvalue weighted by atomic mass is 10.0. The standard InChI is InChI=1S/C15H11F3O2/c1-20-15-6-5-9(7-13(15)18)14(19)8-10-11(16)3-2-4-12(10)17/h2-7H,8H2,1H3. The quantitative estimate of drug-likeness (QED) is 0.801. The van der Waals surface area contributed by atoms with Gasteiger partial charge in [-0.25, -0.2) is 13.2 Å². The maximum atomic E-state index is 13.5. The summed E-state index contributed by atoms with van der Waals surface area (Å²) in [5.74, 6) is -2.87. The van der Waals surface area contributed by atoms with Crippen LogP contribution < -0.4 is 4.74 Å². The number of Topliss-reactive ketones (excluding diaryl/α,β-unsaturated/α-hetero) is 1. The van der Waals surface area contributed by atoms with Gasteiger partial charge in [-0.15, -0.1) is 0 Å². The van der Waals surface area contributed by atoms with Crippen LogP contribution in [0.15, 0.2) is 36.4 Å². The molecule has 0 saturated heterocycles. The molecule has 2 nitrogen and oxygen atoms in total. The normalized spacial score (nSPS) is 10.4. The van der Waals surface area contributed by atoms with Crippen LogP contribution in [0.3, 0.4) is 0 Å². The van der Waals surface area contributed by atoms with Crippen LogP contribution in [0.4, 0.5) is 13.2 Å². The van der Waals surface area contributed by atoms with E-state index in [1.807, 2.05) is 0 Å². The molecule has 0 aliphatic heterocycles. The second kappa shape index (κ2) is 5.77. The molecule has 0 aromatic heterocycles. The Kier molecular flexibility index (Phi) is 4.08. The Morgan fingerprint density at radius 1 is 1.05 bits per heavy atom. The van der Waals surface area contributed by atoms with Crippen LogP contribution in [-0.2, 0) is 6.42 Å². The highest BCUT2D eigenvalue weighted by Gasteiger charge is 2.16. The summed E-state index contributed by atoms with van der Waals surface area (Å²) in [6.45, 7) is 0. The molecule has 0 bridgehead atoms. The lowest BCUT2D eigenvalue weighted by Crippen LogP contribution is -2.08. The zero-order chi connectivity index (χ0) is 14.7. The van der Waals surface area contributed by atoms with E-state index in [9.17, 15) is 18.0 Å². The van der Waals surface area contributed by atoms with Gasteiger partial charge in [-0.3, -0.25) is 4.79 Å². The number of methoxy groups -OCH3 is 1. The van der Waals surface area contributed by atoms with E-state index < -0.39 is 29.7 Å². The average molecular weight is 280 g/mol. The van der Waals surface area contributed by atoms with Crippen molar-refractivity contribution in [2.45, 2.75) is 6.42 Å². The average Bonchev–Trinajstić information content (AvgIpc) is 2.42. The molecule has 0 fully saturated rings. The van der Waals surface area contributed by atoms with Gasteiger partial charge in [0.05, 0.1) is 7.11 Å². The van der Waals surface area contributed by atoms with E-state index in [2.05, 4.69) is 0 Å². The van der Waals surface area contributed by atoms with Crippen LogP contribution >= 0.6 is 0 Å². The molecule has 104 valence electrons. The van der Waals surface area contributed by atoms with Crippen LogP contribution in [0.1, 0.15) is 15.9 Å². The van der Waals surface area contributed by atoms with Gasteiger partial charge < -0.3 is 4.74 Å². The van der Waals surface area contributed by atoms with Crippen molar-refractivity contribution in [3.8, 4) is 5.75 Å². The topological polar surface area (TPSA) is 26.3 Å². The summed E-state index contributed by atoms with van der Waals surface area (Å²) in [4.78, 5) is 11.9. The number of ketones is 1. The molecule has 0 aliphatic rings. The Morgan fingerprint density at radius 2 is 1.70 bits per heavy atom. The van der Waals surface area contributed by atoms with Crippen molar-refractivity contribution in [3.05, 3.63) is 65.0 Å². The predicted molar refractivity (Wildman–Crippen MR) is 67.3 cm³/mol. The fourth-order valence-corrected chi connectivity index (χ4v) is 1.80. The molecule has 0 N–H and O–H groups in total. The van der Waals surface area contributed by atoms with Crippen molar-refractivity contribution >= 4 is 5.78 Å². The second-order valence-corrected chi connectivity index (χ2v) is 4.15. The molecule has 0 aliphatic carbocycles. The van der Waals surface area contributed by atoms with Crippen LogP contribution in [0.25, 0.3) is 0 Å². The molecule has 20 heavy (non-hydrogen) atoms. The Labute approximate surface area is 113 Å². The second-order valence-electron chi connectivity index (χ2n) is 4.15. The Bertz CT molecular complexity index is 633. The highest BCUT2D eigenvalue weighted by molar-refractivity contribution is 5.97. The van der Waals surface area contributed by atoms with Crippen molar-refractivity contribution in [1.29, 1.82) is 0 Å². The van der Waals surface area contributed by atoms with Crippen LogP contribution in [0.5, 0.6) is 5.75 Å². The van der Waals surface area contributed by atoms with Gasteiger partial charge in [0, 0.05) is 17.5 Å².